The number of carbonyl (C=O) groups is 1. The maximum Gasteiger partial charge on any atom is 0.338 e. The third kappa shape index (κ3) is 3.89. The molecule has 4 nitrogen and oxygen atoms in total. The van der Waals surface area contributed by atoms with Gasteiger partial charge in [0.15, 0.2) is 11.5 Å². The van der Waals surface area contributed by atoms with Crippen LogP contribution in [0.15, 0.2) is 36.4 Å². The fourth-order valence-electron chi connectivity index (χ4n) is 2.13. The SMILES string of the molecule is COc1cc(C(=O)O[C@H](C)c2ccccc2Cl)cc(Cl)c1OC. The van der Waals surface area contributed by atoms with Gasteiger partial charge in [0, 0.05) is 10.6 Å². The van der Waals surface area contributed by atoms with Crippen molar-refractivity contribution in [3.05, 3.63) is 57.6 Å². The first-order valence-corrected chi connectivity index (χ1v) is 7.60. The second kappa shape index (κ2) is 7.57. The van der Waals surface area contributed by atoms with Crippen molar-refractivity contribution >= 4 is 29.2 Å². The second-order valence-electron chi connectivity index (χ2n) is 4.76. The topological polar surface area (TPSA) is 44.8 Å². The molecule has 0 N–H and O–H groups in total. The Hall–Kier alpha value is -1.91. The van der Waals surface area contributed by atoms with Gasteiger partial charge in [-0.25, -0.2) is 4.79 Å². The molecule has 2 aromatic rings. The predicted octanol–water partition coefficient (Wildman–Crippen LogP) is 4.93. The van der Waals surface area contributed by atoms with E-state index in [1.807, 2.05) is 18.2 Å². The summed E-state index contributed by atoms with van der Waals surface area (Å²) in [6.45, 7) is 1.75. The Labute approximate surface area is 144 Å². The van der Waals surface area contributed by atoms with Crippen LogP contribution < -0.4 is 9.47 Å². The molecule has 23 heavy (non-hydrogen) atoms. The van der Waals surface area contributed by atoms with E-state index in [-0.39, 0.29) is 10.6 Å². The van der Waals surface area contributed by atoms with Crippen LogP contribution in [-0.4, -0.2) is 20.2 Å². The standard InChI is InChI=1S/C17H16Cl2O4/c1-10(12-6-4-5-7-13(12)18)23-17(20)11-8-14(19)16(22-3)15(9-11)21-2/h4-10H,1-3H3/t10-/m1/s1. The Bertz CT molecular complexity index is 716. The fourth-order valence-corrected chi connectivity index (χ4v) is 2.71. The minimum absolute atomic E-state index is 0.268. The van der Waals surface area contributed by atoms with Gasteiger partial charge in [-0.3, -0.25) is 0 Å². The lowest BCUT2D eigenvalue weighted by Gasteiger charge is -2.16. The number of hydrogen-bond donors (Lipinski definition) is 0. The van der Waals surface area contributed by atoms with Crippen LogP contribution in [0.1, 0.15) is 28.9 Å². The molecular weight excluding hydrogens is 339 g/mol. The lowest BCUT2D eigenvalue weighted by atomic mass is 10.1. The maximum absolute atomic E-state index is 12.3. The summed E-state index contributed by atoms with van der Waals surface area (Å²) in [6.07, 6.45) is -0.497. The van der Waals surface area contributed by atoms with Crippen molar-refractivity contribution < 1.29 is 19.0 Å². The molecule has 0 fully saturated rings. The van der Waals surface area contributed by atoms with Gasteiger partial charge in [-0.2, -0.15) is 0 Å². The summed E-state index contributed by atoms with van der Waals surface area (Å²) in [4.78, 5) is 12.3. The lowest BCUT2D eigenvalue weighted by Crippen LogP contribution is -2.10. The summed E-state index contributed by atoms with van der Waals surface area (Å²) < 4.78 is 15.8. The van der Waals surface area contributed by atoms with E-state index in [2.05, 4.69) is 0 Å². The van der Waals surface area contributed by atoms with E-state index < -0.39 is 12.1 Å². The number of carbonyl (C=O) groups excluding carboxylic acids is 1. The highest BCUT2D eigenvalue weighted by Crippen LogP contribution is 2.36. The van der Waals surface area contributed by atoms with Gasteiger partial charge in [0.2, 0.25) is 0 Å². The summed E-state index contributed by atoms with van der Waals surface area (Å²) >= 11 is 12.2. The Balaban J connectivity index is 2.24. The first-order chi connectivity index (χ1) is 11.0. The van der Waals surface area contributed by atoms with E-state index in [4.69, 9.17) is 37.4 Å². The zero-order valence-corrected chi connectivity index (χ0v) is 14.4. The molecule has 122 valence electrons. The van der Waals surface area contributed by atoms with Crippen LogP contribution in [0, 0.1) is 0 Å². The molecule has 0 radical (unpaired) electrons. The predicted molar refractivity (Wildman–Crippen MR) is 89.8 cm³/mol. The number of ether oxygens (including phenoxy) is 3. The molecule has 0 saturated carbocycles. The molecule has 2 rings (SSSR count). The molecule has 0 heterocycles. The lowest BCUT2D eigenvalue weighted by molar-refractivity contribution is 0.0337. The molecule has 0 amide bonds. The molecule has 0 unspecified atom stereocenters. The third-order valence-corrected chi connectivity index (χ3v) is 3.92. The zero-order valence-electron chi connectivity index (χ0n) is 12.9. The van der Waals surface area contributed by atoms with Gasteiger partial charge in [0.05, 0.1) is 24.8 Å². The average Bonchev–Trinajstić information content (AvgIpc) is 2.54. The van der Waals surface area contributed by atoms with Gasteiger partial charge >= 0.3 is 5.97 Å². The average molecular weight is 355 g/mol. The first-order valence-electron chi connectivity index (χ1n) is 6.84. The monoisotopic (exact) mass is 354 g/mol. The minimum Gasteiger partial charge on any atom is -0.493 e. The molecule has 0 spiro atoms. The normalized spacial score (nSPS) is 11.7. The molecule has 0 aliphatic carbocycles. The van der Waals surface area contributed by atoms with E-state index in [0.717, 1.165) is 5.56 Å². The number of halogens is 2. The van der Waals surface area contributed by atoms with Crippen molar-refractivity contribution in [1.29, 1.82) is 0 Å². The molecule has 0 aliphatic heterocycles. The smallest absolute Gasteiger partial charge is 0.338 e. The highest BCUT2D eigenvalue weighted by molar-refractivity contribution is 6.32. The van der Waals surface area contributed by atoms with Gasteiger partial charge in [-0.05, 0) is 25.1 Å². The van der Waals surface area contributed by atoms with Crippen molar-refractivity contribution in [2.45, 2.75) is 13.0 Å². The first kappa shape index (κ1) is 17.4. The van der Waals surface area contributed by atoms with Crippen LogP contribution in [0.2, 0.25) is 10.0 Å². The van der Waals surface area contributed by atoms with E-state index >= 15 is 0 Å². The Kier molecular flexibility index (Phi) is 5.74. The van der Waals surface area contributed by atoms with Gasteiger partial charge in [-0.15, -0.1) is 0 Å². The third-order valence-electron chi connectivity index (χ3n) is 3.30. The highest BCUT2D eigenvalue weighted by Gasteiger charge is 2.19. The summed E-state index contributed by atoms with van der Waals surface area (Å²) in [5.74, 6) is 0.197. The summed E-state index contributed by atoms with van der Waals surface area (Å²) in [5, 5.41) is 0.808. The fraction of sp³-hybridized carbons (Fsp3) is 0.235. The van der Waals surface area contributed by atoms with Gasteiger partial charge in [0.1, 0.15) is 6.10 Å². The number of benzene rings is 2. The quantitative estimate of drug-likeness (QED) is 0.714. The van der Waals surface area contributed by atoms with Crippen molar-refractivity contribution in [3.63, 3.8) is 0 Å². The second-order valence-corrected chi connectivity index (χ2v) is 5.58. The molecule has 0 saturated heterocycles. The number of methoxy groups -OCH3 is 2. The van der Waals surface area contributed by atoms with Gasteiger partial charge < -0.3 is 14.2 Å². The summed E-state index contributed by atoms with van der Waals surface area (Å²) in [5.41, 5.74) is 1.00. The number of rotatable bonds is 5. The number of esters is 1. The van der Waals surface area contributed by atoms with Crippen molar-refractivity contribution in [1.82, 2.24) is 0 Å². The largest absolute Gasteiger partial charge is 0.493 e. The Morgan fingerprint density at radius 1 is 1.04 bits per heavy atom. The maximum atomic E-state index is 12.3. The van der Waals surface area contributed by atoms with Crippen LogP contribution in [0.5, 0.6) is 11.5 Å². The van der Waals surface area contributed by atoms with Crippen molar-refractivity contribution in [3.8, 4) is 11.5 Å². The minimum atomic E-state index is -0.528. The highest BCUT2D eigenvalue weighted by atomic mass is 35.5. The summed E-state index contributed by atoms with van der Waals surface area (Å²) in [6, 6.07) is 10.2. The van der Waals surface area contributed by atoms with Crippen LogP contribution in [0.3, 0.4) is 0 Å². The van der Waals surface area contributed by atoms with Crippen LogP contribution >= 0.6 is 23.2 Å². The molecular formula is C17H16Cl2O4. The van der Waals surface area contributed by atoms with Crippen molar-refractivity contribution in [2.75, 3.05) is 14.2 Å². The van der Waals surface area contributed by atoms with E-state index in [1.165, 1.54) is 26.4 Å². The Morgan fingerprint density at radius 2 is 1.74 bits per heavy atom. The molecule has 0 aromatic heterocycles. The van der Waals surface area contributed by atoms with Gasteiger partial charge in [0.25, 0.3) is 0 Å². The van der Waals surface area contributed by atoms with Crippen LogP contribution in [0.4, 0.5) is 0 Å². The summed E-state index contributed by atoms with van der Waals surface area (Å²) in [7, 11) is 2.94. The van der Waals surface area contributed by atoms with E-state index in [1.54, 1.807) is 13.0 Å². The van der Waals surface area contributed by atoms with Crippen molar-refractivity contribution in [2.24, 2.45) is 0 Å². The molecule has 6 heteroatoms. The van der Waals surface area contributed by atoms with Gasteiger partial charge in [-0.1, -0.05) is 41.4 Å². The van der Waals surface area contributed by atoms with E-state index in [9.17, 15) is 4.79 Å². The molecule has 1 atom stereocenters. The van der Waals surface area contributed by atoms with Crippen LogP contribution in [-0.2, 0) is 4.74 Å². The number of hydrogen-bond acceptors (Lipinski definition) is 4. The van der Waals surface area contributed by atoms with E-state index in [0.29, 0.717) is 16.5 Å². The molecule has 0 bridgehead atoms. The zero-order chi connectivity index (χ0) is 17.0. The molecule has 2 aromatic carbocycles. The molecule has 0 aliphatic rings. The Morgan fingerprint density at radius 3 is 2.35 bits per heavy atom. The van der Waals surface area contributed by atoms with Crippen LogP contribution in [0.25, 0.3) is 0 Å².